The summed E-state index contributed by atoms with van der Waals surface area (Å²) in [7, 11) is 1.62. The van der Waals surface area contributed by atoms with E-state index in [4.69, 9.17) is 10.5 Å². The second-order valence-corrected chi connectivity index (χ2v) is 10.6. The molecule has 0 saturated heterocycles. The standard InChI is InChI=1S/C28H39N3O3/c1-28(2,3)18-27(33)31(24-13-9-22(29)10-14-24)19-21-5-11-23(12-6-21)30-26(32)17-20-7-15-25(34-4)16-8-20/h5-8,11-12,15-16,22,24H,9-10,13-14,17-19,29H2,1-4H3,(H,30,32). The summed E-state index contributed by atoms with van der Waals surface area (Å²) < 4.78 is 5.16. The molecule has 6 nitrogen and oxygen atoms in total. The molecule has 2 amide bonds. The maximum Gasteiger partial charge on any atom is 0.228 e. The summed E-state index contributed by atoms with van der Waals surface area (Å²) in [6, 6.07) is 15.8. The molecule has 0 spiro atoms. The largest absolute Gasteiger partial charge is 0.497 e. The quantitative estimate of drug-likeness (QED) is 0.580. The van der Waals surface area contributed by atoms with Gasteiger partial charge in [-0.25, -0.2) is 0 Å². The lowest BCUT2D eigenvalue weighted by atomic mass is 9.88. The summed E-state index contributed by atoms with van der Waals surface area (Å²) in [4.78, 5) is 27.7. The molecule has 0 atom stereocenters. The smallest absolute Gasteiger partial charge is 0.228 e. The number of nitrogens with two attached hydrogens (primary N) is 1. The molecule has 0 heterocycles. The van der Waals surface area contributed by atoms with Crippen LogP contribution in [0.2, 0.25) is 0 Å². The minimum absolute atomic E-state index is 0.0571. The lowest BCUT2D eigenvalue weighted by Crippen LogP contribution is -2.44. The van der Waals surface area contributed by atoms with Gasteiger partial charge in [-0.05, 0) is 66.5 Å². The van der Waals surface area contributed by atoms with E-state index < -0.39 is 0 Å². The predicted molar refractivity (Wildman–Crippen MR) is 137 cm³/mol. The van der Waals surface area contributed by atoms with Crippen molar-refractivity contribution in [2.75, 3.05) is 12.4 Å². The Kier molecular flexibility index (Phi) is 8.72. The molecule has 34 heavy (non-hydrogen) atoms. The Labute approximate surface area is 203 Å². The summed E-state index contributed by atoms with van der Waals surface area (Å²) in [5, 5.41) is 2.96. The van der Waals surface area contributed by atoms with Gasteiger partial charge in [0.15, 0.2) is 0 Å². The van der Waals surface area contributed by atoms with Crippen molar-refractivity contribution in [2.45, 2.75) is 77.9 Å². The maximum absolute atomic E-state index is 13.2. The summed E-state index contributed by atoms with van der Waals surface area (Å²) in [5.74, 6) is 0.897. The van der Waals surface area contributed by atoms with Gasteiger partial charge in [-0.1, -0.05) is 45.0 Å². The SMILES string of the molecule is COc1ccc(CC(=O)Nc2ccc(CN(C(=O)CC(C)(C)C)C3CCC(N)CC3)cc2)cc1. The maximum atomic E-state index is 13.2. The molecule has 6 heteroatoms. The number of nitrogens with zero attached hydrogens (tertiary/aromatic N) is 1. The minimum atomic E-state index is -0.0709. The average Bonchev–Trinajstić information content (AvgIpc) is 2.78. The number of benzene rings is 2. The molecule has 0 radical (unpaired) electrons. The summed E-state index contributed by atoms with van der Waals surface area (Å²) in [6.07, 6.45) is 4.65. The predicted octanol–water partition coefficient (Wildman–Crippen LogP) is 4.91. The van der Waals surface area contributed by atoms with Crippen LogP contribution in [0.3, 0.4) is 0 Å². The van der Waals surface area contributed by atoms with Crippen LogP contribution in [0.25, 0.3) is 0 Å². The summed E-state index contributed by atoms with van der Waals surface area (Å²) >= 11 is 0. The fourth-order valence-electron chi connectivity index (χ4n) is 4.41. The van der Waals surface area contributed by atoms with Crippen LogP contribution >= 0.6 is 0 Å². The van der Waals surface area contributed by atoms with Gasteiger partial charge in [-0.15, -0.1) is 0 Å². The highest BCUT2D eigenvalue weighted by Gasteiger charge is 2.30. The van der Waals surface area contributed by atoms with Crippen LogP contribution in [0, 0.1) is 5.41 Å². The molecule has 0 unspecified atom stereocenters. The van der Waals surface area contributed by atoms with Gasteiger partial charge in [0, 0.05) is 30.7 Å². The molecule has 2 aromatic rings. The Morgan fingerprint density at radius 3 is 2.12 bits per heavy atom. The van der Waals surface area contributed by atoms with Crippen LogP contribution in [-0.2, 0) is 22.6 Å². The van der Waals surface area contributed by atoms with Gasteiger partial charge < -0.3 is 20.7 Å². The third-order valence-electron chi connectivity index (χ3n) is 6.30. The van der Waals surface area contributed by atoms with Gasteiger partial charge in [0.05, 0.1) is 13.5 Å². The van der Waals surface area contributed by atoms with Crippen molar-refractivity contribution in [1.82, 2.24) is 4.90 Å². The Balaban J connectivity index is 1.62. The molecule has 0 aromatic heterocycles. The van der Waals surface area contributed by atoms with Crippen molar-refractivity contribution < 1.29 is 14.3 Å². The monoisotopic (exact) mass is 465 g/mol. The van der Waals surface area contributed by atoms with Gasteiger partial charge in [-0.3, -0.25) is 9.59 Å². The minimum Gasteiger partial charge on any atom is -0.497 e. The topological polar surface area (TPSA) is 84.7 Å². The van der Waals surface area contributed by atoms with Crippen molar-refractivity contribution in [1.29, 1.82) is 0 Å². The van der Waals surface area contributed by atoms with Crippen molar-refractivity contribution >= 4 is 17.5 Å². The van der Waals surface area contributed by atoms with E-state index in [0.29, 0.717) is 19.4 Å². The molecule has 2 aromatic carbocycles. The molecular weight excluding hydrogens is 426 g/mol. The zero-order valence-electron chi connectivity index (χ0n) is 21.0. The number of methoxy groups -OCH3 is 1. The normalized spacial score (nSPS) is 18.3. The Bertz CT molecular complexity index is 940. The van der Waals surface area contributed by atoms with E-state index in [1.54, 1.807) is 7.11 Å². The summed E-state index contributed by atoms with van der Waals surface area (Å²) in [6.45, 7) is 6.88. The second-order valence-electron chi connectivity index (χ2n) is 10.6. The zero-order valence-corrected chi connectivity index (χ0v) is 21.0. The fourth-order valence-corrected chi connectivity index (χ4v) is 4.41. The van der Waals surface area contributed by atoms with Crippen LogP contribution < -0.4 is 15.8 Å². The molecule has 1 saturated carbocycles. The number of anilines is 1. The molecule has 1 aliphatic rings. The molecule has 3 rings (SSSR count). The van der Waals surface area contributed by atoms with E-state index >= 15 is 0 Å². The molecule has 1 aliphatic carbocycles. The molecule has 0 bridgehead atoms. The Morgan fingerprint density at radius 2 is 1.56 bits per heavy atom. The van der Waals surface area contributed by atoms with Crippen molar-refractivity contribution in [3.63, 3.8) is 0 Å². The highest BCUT2D eigenvalue weighted by atomic mass is 16.5. The molecular formula is C28H39N3O3. The number of rotatable bonds is 8. The first-order valence-corrected chi connectivity index (χ1v) is 12.2. The first-order valence-electron chi connectivity index (χ1n) is 12.2. The number of carbonyl (C=O) groups excluding carboxylic acids is 2. The van der Waals surface area contributed by atoms with Crippen molar-refractivity contribution in [3.05, 3.63) is 59.7 Å². The van der Waals surface area contributed by atoms with Gasteiger partial charge in [0.1, 0.15) is 5.75 Å². The average molecular weight is 466 g/mol. The lowest BCUT2D eigenvalue weighted by molar-refractivity contribution is -0.137. The lowest BCUT2D eigenvalue weighted by Gasteiger charge is -2.37. The van der Waals surface area contributed by atoms with E-state index in [1.165, 1.54) is 0 Å². The van der Waals surface area contributed by atoms with Crippen LogP contribution in [0.15, 0.2) is 48.5 Å². The van der Waals surface area contributed by atoms with Crippen LogP contribution in [0.1, 0.15) is 64.0 Å². The fraction of sp³-hybridized carbons (Fsp3) is 0.500. The first-order chi connectivity index (χ1) is 16.1. The number of amides is 2. The highest BCUT2D eigenvalue weighted by Crippen LogP contribution is 2.28. The Morgan fingerprint density at radius 1 is 0.971 bits per heavy atom. The van der Waals surface area contributed by atoms with E-state index in [-0.39, 0.29) is 29.3 Å². The van der Waals surface area contributed by atoms with Crippen LogP contribution in [-0.4, -0.2) is 35.9 Å². The van der Waals surface area contributed by atoms with Gasteiger partial charge >= 0.3 is 0 Å². The van der Waals surface area contributed by atoms with Crippen LogP contribution in [0.4, 0.5) is 5.69 Å². The zero-order chi connectivity index (χ0) is 24.7. The van der Waals surface area contributed by atoms with E-state index in [9.17, 15) is 9.59 Å². The number of hydrogen-bond acceptors (Lipinski definition) is 4. The van der Waals surface area contributed by atoms with Gasteiger partial charge in [0.25, 0.3) is 0 Å². The van der Waals surface area contributed by atoms with E-state index in [1.807, 2.05) is 53.4 Å². The number of ether oxygens (including phenoxy) is 1. The second kappa shape index (κ2) is 11.5. The van der Waals surface area contributed by atoms with Gasteiger partial charge in [0.2, 0.25) is 11.8 Å². The number of nitrogens with one attached hydrogen (secondary N) is 1. The van der Waals surface area contributed by atoms with Gasteiger partial charge in [-0.2, -0.15) is 0 Å². The number of hydrogen-bond donors (Lipinski definition) is 2. The third-order valence-corrected chi connectivity index (χ3v) is 6.30. The van der Waals surface area contributed by atoms with Crippen molar-refractivity contribution in [2.24, 2.45) is 11.1 Å². The molecule has 3 N–H and O–H groups in total. The third kappa shape index (κ3) is 7.87. The molecule has 1 fully saturated rings. The van der Waals surface area contributed by atoms with E-state index in [0.717, 1.165) is 48.2 Å². The van der Waals surface area contributed by atoms with Crippen LogP contribution in [0.5, 0.6) is 5.75 Å². The Hall–Kier alpha value is -2.86. The van der Waals surface area contributed by atoms with Crippen molar-refractivity contribution in [3.8, 4) is 5.75 Å². The van der Waals surface area contributed by atoms with E-state index in [2.05, 4.69) is 26.1 Å². The number of carbonyl (C=O) groups is 2. The first kappa shape index (κ1) is 25.8. The molecule has 0 aliphatic heterocycles. The molecule has 184 valence electrons. The summed E-state index contributed by atoms with van der Waals surface area (Å²) in [5.41, 5.74) is 8.78. The highest BCUT2D eigenvalue weighted by molar-refractivity contribution is 5.92.